The number of nitrogens with one attached hydrogen (secondary N) is 1. The van der Waals surface area contributed by atoms with E-state index in [2.05, 4.69) is 52.9 Å². The highest BCUT2D eigenvalue weighted by Crippen LogP contribution is 2.05. The van der Waals surface area contributed by atoms with Gasteiger partial charge in [-0.2, -0.15) is 0 Å². The molecule has 0 aromatic carbocycles. The zero-order chi connectivity index (χ0) is 13.7. The van der Waals surface area contributed by atoms with Crippen LogP contribution in [-0.4, -0.2) is 46.3 Å². The summed E-state index contributed by atoms with van der Waals surface area (Å²) >= 11 is 0. The summed E-state index contributed by atoms with van der Waals surface area (Å²) in [6.07, 6.45) is 0. The van der Waals surface area contributed by atoms with Gasteiger partial charge in [0.2, 0.25) is 11.5 Å². The van der Waals surface area contributed by atoms with Crippen molar-refractivity contribution in [1.82, 2.24) is 20.5 Å². The van der Waals surface area contributed by atoms with E-state index in [-0.39, 0.29) is 17.4 Å². The number of nitrogens with two attached hydrogens (primary N) is 1. The fraction of sp³-hybridized carbons (Fsp3) is 0.727. The molecule has 3 N–H and O–H groups in total. The molecule has 7 heteroatoms. The van der Waals surface area contributed by atoms with E-state index in [1.807, 2.05) is 0 Å². The lowest BCUT2D eigenvalue weighted by molar-refractivity contribution is 0.0930. The molecule has 1 aromatic heterocycles. The molecule has 1 aromatic rings. The summed E-state index contributed by atoms with van der Waals surface area (Å²) in [6.45, 7) is 9.80. The minimum atomic E-state index is -0.360. The van der Waals surface area contributed by atoms with Crippen molar-refractivity contribution in [1.29, 1.82) is 0 Å². The maximum absolute atomic E-state index is 11.7. The van der Waals surface area contributed by atoms with Crippen LogP contribution in [0.1, 0.15) is 38.2 Å². The molecule has 102 valence electrons. The third kappa shape index (κ3) is 3.69. The quantitative estimate of drug-likeness (QED) is 0.768. The largest absolute Gasteiger partial charge is 0.379 e. The van der Waals surface area contributed by atoms with Crippen LogP contribution in [0, 0.1) is 0 Å². The van der Waals surface area contributed by atoms with Gasteiger partial charge in [0.25, 0.3) is 5.91 Å². The van der Waals surface area contributed by atoms with Crippen LogP contribution in [0.5, 0.6) is 0 Å². The van der Waals surface area contributed by atoms with E-state index < -0.39 is 0 Å². The number of hydrogen-bond acceptors (Lipinski definition) is 6. The lowest BCUT2D eigenvalue weighted by Gasteiger charge is -2.30. The number of anilines is 1. The molecular weight excluding hydrogens is 234 g/mol. The number of nitrogen functional groups attached to an aromatic ring is 1. The van der Waals surface area contributed by atoms with Gasteiger partial charge in [-0.25, -0.2) is 4.63 Å². The Hall–Kier alpha value is -1.63. The molecule has 0 aliphatic heterocycles. The second-order valence-electron chi connectivity index (χ2n) is 4.68. The van der Waals surface area contributed by atoms with Crippen LogP contribution >= 0.6 is 0 Å². The van der Waals surface area contributed by atoms with Crippen LogP contribution in [-0.2, 0) is 0 Å². The minimum Gasteiger partial charge on any atom is -0.379 e. The summed E-state index contributed by atoms with van der Waals surface area (Å²) in [5.41, 5.74) is 5.47. The lowest BCUT2D eigenvalue weighted by atomic mass is 10.2. The van der Waals surface area contributed by atoms with E-state index in [0.29, 0.717) is 18.6 Å². The number of aromatic nitrogens is 2. The second kappa shape index (κ2) is 6.34. The third-order valence-electron chi connectivity index (χ3n) is 2.71. The van der Waals surface area contributed by atoms with Crippen LogP contribution in [0.2, 0.25) is 0 Å². The Kier molecular flexibility index (Phi) is 5.08. The first kappa shape index (κ1) is 14.4. The molecule has 0 spiro atoms. The topological polar surface area (TPSA) is 97.3 Å². The normalized spacial score (nSPS) is 11.5. The van der Waals surface area contributed by atoms with Crippen LogP contribution in [0.4, 0.5) is 5.82 Å². The number of hydrogen-bond donors (Lipinski definition) is 2. The highest BCUT2D eigenvalue weighted by atomic mass is 16.6. The molecule has 1 amide bonds. The SMILES string of the molecule is CC(C)N(CCNC(=O)c1nonc1N)C(C)C. The summed E-state index contributed by atoms with van der Waals surface area (Å²) in [4.78, 5) is 14.0. The van der Waals surface area contributed by atoms with Crippen molar-refractivity contribution in [3.05, 3.63) is 5.69 Å². The Labute approximate surface area is 107 Å². The Morgan fingerprint density at radius 2 is 1.94 bits per heavy atom. The molecule has 0 radical (unpaired) electrons. The van der Waals surface area contributed by atoms with Gasteiger partial charge in [0.1, 0.15) is 0 Å². The molecule has 0 saturated carbocycles. The van der Waals surface area contributed by atoms with Gasteiger partial charge in [0.05, 0.1) is 0 Å². The summed E-state index contributed by atoms with van der Waals surface area (Å²) in [5, 5.41) is 9.55. The average molecular weight is 255 g/mol. The Bertz CT molecular complexity index is 381. The Balaban J connectivity index is 2.42. The average Bonchev–Trinajstić information content (AvgIpc) is 2.69. The number of carbonyl (C=O) groups is 1. The van der Waals surface area contributed by atoms with E-state index in [9.17, 15) is 4.79 Å². The summed E-state index contributed by atoms with van der Waals surface area (Å²) in [5.74, 6) is -0.349. The number of carbonyl (C=O) groups excluding carboxylic acids is 1. The Morgan fingerprint density at radius 3 is 2.39 bits per heavy atom. The third-order valence-corrected chi connectivity index (χ3v) is 2.71. The molecule has 0 unspecified atom stereocenters. The van der Waals surface area contributed by atoms with Gasteiger partial charge >= 0.3 is 0 Å². The number of rotatable bonds is 6. The first-order valence-corrected chi connectivity index (χ1v) is 6.05. The van der Waals surface area contributed by atoms with E-state index in [1.54, 1.807) is 0 Å². The van der Waals surface area contributed by atoms with Gasteiger partial charge in [-0.05, 0) is 38.0 Å². The summed E-state index contributed by atoms with van der Waals surface area (Å²) in [7, 11) is 0. The molecular formula is C11H21N5O2. The van der Waals surface area contributed by atoms with Crippen molar-refractivity contribution in [2.45, 2.75) is 39.8 Å². The number of amides is 1. The van der Waals surface area contributed by atoms with Gasteiger partial charge in [-0.1, -0.05) is 0 Å². The fourth-order valence-corrected chi connectivity index (χ4v) is 1.85. The fourth-order valence-electron chi connectivity index (χ4n) is 1.85. The van der Waals surface area contributed by atoms with Gasteiger partial charge in [0.15, 0.2) is 0 Å². The van der Waals surface area contributed by atoms with Gasteiger partial charge in [0, 0.05) is 25.2 Å². The molecule has 0 bridgehead atoms. The smallest absolute Gasteiger partial charge is 0.277 e. The molecule has 1 rings (SSSR count). The van der Waals surface area contributed by atoms with Crippen molar-refractivity contribution < 1.29 is 9.42 Å². The molecule has 0 saturated heterocycles. The molecule has 0 aliphatic carbocycles. The van der Waals surface area contributed by atoms with Gasteiger partial charge < -0.3 is 11.1 Å². The predicted molar refractivity (Wildman–Crippen MR) is 68.0 cm³/mol. The lowest BCUT2D eigenvalue weighted by Crippen LogP contribution is -2.42. The summed E-state index contributed by atoms with van der Waals surface area (Å²) in [6, 6.07) is 0.862. The van der Waals surface area contributed by atoms with Gasteiger partial charge in [-0.3, -0.25) is 9.69 Å². The second-order valence-corrected chi connectivity index (χ2v) is 4.68. The van der Waals surface area contributed by atoms with Crippen LogP contribution in [0.3, 0.4) is 0 Å². The first-order valence-electron chi connectivity index (χ1n) is 6.05. The molecule has 18 heavy (non-hydrogen) atoms. The van der Waals surface area contributed by atoms with E-state index >= 15 is 0 Å². The first-order chi connectivity index (χ1) is 8.43. The zero-order valence-corrected chi connectivity index (χ0v) is 11.3. The summed E-state index contributed by atoms with van der Waals surface area (Å²) < 4.78 is 4.37. The maximum atomic E-state index is 11.7. The van der Waals surface area contributed by atoms with Crippen molar-refractivity contribution in [3.8, 4) is 0 Å². The van der Waals surface area contributed by atoms with E-state index in [4.69, 9.17) is 5.73 Å². The van der Waals surface area contributed by atoms with E-state index in [1.165, 1.54) is 0 Å². The van der Waals surface area contributed by atoms with Crippen molar-refractivity contribution in [2.75, 3.05) is 18.8 Å². The molecule has 7 nitrogen and oxygen atoms in total. The van der Waals surface area contributed by atoms with Crippen LogP contribution in [0.25, 0.3) is 0 Å². The predicted octanol–water partition coefficient (Wildman–Crippen LogP) is 0.500. The molecule has 1 heterocycles. The van der Waals surface area contributed by atoms with Crippen molar-refractivity contribution >= 4 is 11.7 Å². The highest BCUT2D eigenvalue weighted by molar-refractivity contribution is 5.95. The molecule has 0 aliphatic rings. The molecule has 0 atom stereocenters. The number of nitrogens with zero attached hydrogens (tertiary/aromatic N) is 3. The maximum Gasteiger partial charge on any atom is 0.277 e. The minimum absolute atomic E-state index is 0.0112. The highest BCUT2D eigenvalue weighted by Gasteiger charge is 2.17. The standard InChI is InChI=1S/C11H21N5O2/c1-7(2)16(8(3)4)6-5-13-11(17)9-10(12)15-18-14-9/h7-8H,5-6H2,1-4H3,(H2,12,15)(H,13,17). The zero-order valence-electron chi connectivity index (χ0n) is 11.3. The van der Waals surface area contributed by atoms with E-state index in [0.717, 1.165) is 6.54 Å². The van der Waals surface area contributed by atoms with Crippen molar-refractivity contribution in [3.63, 3.8) is 0 Å². The van der Waals surface area contributed by atoms with Crippen LogP contribution in [0.15, 0.2) is 4.63 Å². The van der Waals surface area contributed by atoms with Crippen LogP contribution < -0.4 is 11.1 Å². The molecule has 0 fully saturated rings. The van der Waals surface area contributed by atoms with Gasteiger partial charge in [-0.15, -0.1) is 0 Å². The van der Waals surface area contributed by atoms with Crippen molar-refractivity contribution in [2.24, 2.45) is 0 Å². The monoisotopic (exact) mass is 255 g/mol. The Morgan fingerprint density at radius 1 is 1.33 bits per heavy atom.